The minimum Gasteiger partial charge on any atom is -0.497 e. The van der Waals surface area contributed by atoms with Crippen molar-refractivity contribution in [1.82, 2.24) is 0 Å². The fraction of sp³-hybridized carbons (Fsp3) is 0.133. The smallest absolute Gasteiger partial charge is 0.172 e. The van der Waals surface area contributed by atoms with Crippen molar-refractivity contribution in [2.75, 3.05) is 19.1 Å². The monoisotopic (exact) mass is 289 g/mol. The molecule has 0 aromatic heterocycles. The number of nitrogens with two attached hydrogens (primary N) is 1. The van der Waals surface area contributed by atoms with Gasteiger partial charge in [-0.3, -0.25) is 0 Å². The summed E-state index contributed by atoms with van der Waals surface area (Å²) in [5, 5.41) is 11.8. The number of oxime groups is 1. The Morgan fingerprint density at radius 3 is 2.71 bits per heavy atom. The average molecular weight is 289 g/mol. The molecule has 0 amide bonds. The van der Waals surface area contributed by atoms with Crippen molar-refractivity contribution in [2.24, 2.45) is 10.9 Å². The highest BCUT2D eigenvalue weighted by molar-refractivity contribution is 6.02. The lowest BCUT2D eigenvalue weighted by Crippen LogP contribution is -2.19. The van der Waals surface area contributed by atoms with E-state index in [1.807, 2.05) is 24.3 Å². The Morgan fingerprint density at radius 2 is 2.05 bits per heavy atom. The zero-order valence-electron chi connectivity index (χ0n) is 11.7. The van der Waals surface area contributed by atoms with Crippen molar-refractivity contribution in [3.63, 3.8) is 0 Å². The Bertz CT molecular complexity index is 674. The highest BCUT2D eigenvalue weighted by Gasteiger charge is 2.14. The van der Waals surface area contributed by atoms with Gasteiger partial charge in [0.05, 0.1) is 12.8 Å². The van der Waals surface area contributed by atoms with Crippen LogP contribution in [0.3, 0.4) is 0 Å². The molecule has 3 N–H and O–H groups in total. The van der Waals surface area contributed by atoms with Crippen LogP contribution in [0.15, 0.2) is 47.6 Å². The van der Waals surface area contributed by atoms with E-state index in [0.29, 0.717) is 17.0 Å². The Morgan fingerprint density at radius 1 is 1.29 bits per heavy atom. The molecule has 5 nitrogen and oxygen atoms in total. The van der Waals surface area contributed by atoms with E-state index >= 15 is 0 Å². The first kappa shape index (κ1) is 14.6. The second-order valence-corrected chi connectivity index (χ2v) is 4.41. The number of hydrogen-bond acceptors (Lipinski definition) is 4. The first-order valence-corrected chi connectivity index (χ1v) is 6.22. The normalized spacial score (nSPS) is 11.3. The molecule has 110 valence electrons. The van der Waals surface area contributed by atoms with Gasteiger partial charge in [0.2, 0.25) is 0 Å². The summed E-state index contributed by atoms with van der Waals surface area (Å²) in [7, 11) is 3.38. The molecular formula is C15H16FN3O2. The largest absolute Gasteiger partial charge is 0.497 e. The maximum Gasteiger partial charge on any atom is 0.172 e. The predicted molar refractivity (Wildman–Crippen MR) is 80.0 cm³/mol. The molecule has 0 atom stereocenters. The number of methoxy groups -OCH3 is 1. The van der Waals surface area contributed by atoms with E-state index in [-0.39, 0.29) is 5.84 Å². The van der Waals surface area contributed by atoms with Crippen LogP contribution in [0, 0.1) is 5.82 Å². The van der Waals surface area contributed by atoms with Gasteiger partial charge in [0.25, 0.3) is 0 Å². The zero-order chi connectivity index (χ0) is 15.4. The van der Waals surface area contributed by atoms with Crippen LogP contribution >= 0.6 is 0 Å². The Hall–Kier alpha value is -2.76. The highest BCUT2D eigenvalue weighted by Crippen LogP contribution is 2.29. The first-order chi connectivity index (χ1) is 10.1. The Labute approximate surface area is 122 Å². The number of benzene rings is 2. The van der Waals surface area contributed by atoms with Crippen molar-refractivity contribution in [1.29, 1.82) is 0 Å². The molecule has 2 rings (SSSR count). The molecule has 0 bridgehead atoms. The number of hydrogen-bond donors (Lipinski definition) is 2. The number of anilines is 2. The van der Waals surface area contributed by atoms with Gasteiger partial charge in [0, 0.05) is 24.4 Å². The average Bonchev–Trinajstić information content (AvgIpc) is 2.53. The summed E-state index contributed by atoms with van der Waals surface area (Å²) < 4.78 is 18.6. The molecule has 2 aromatic rings. The number of halogens is 1. The van der Waals surface area contributed by atoms with Crippen LogP contribution in [0.25, 0.3) is 0 Å². The Balaban J connectivity index is 2.49. The van der Waals surface area contributed by atoms with Crippen LogP contribution in [0.5, 0.6) is 5.75 Å². The first-order valence-electron chi connectivity index (χ1n) is 6.22. The highest BCUT2D eigenvalue weighted by atomic mass is 19.1. The van der Waals surface area contributed by atoms with Gasteiger partial charge < -0.3 is 20.6 Å². The van der Waals surface area contributed by atoms with Gasteiger partial charge in [0.15, 0.2) is 5.84 Å². The van der Waals surface area contributed by atoms with Gasteiger partial charge in [0.1, 0.15) is 11.6 Å². The van der Waals surface area contributed by atoms with Crippen molar-refractivity contribution < 1.29 is 14.3 Å². The summed E-state index contributed by atoms with van der Waals surface area (Å²) in [5.74, 6) is 0.0884. The summed E-state index contributed by atoms with van der Waals surface area (Å²) in [6.45, 7) is 0. The summed E-state index contributed by atoms with van der Waals surface area (Å²) in [4.78, 5) is 1.80. The third kappa shape index (κ3) is 3.05. The van der Waals surface area contributed by atoms with Gasteiger partial charge in [-0.05, 0) is 30.3 Å². The zero-order valence-corrected chi connectivity index (χ0v) is 11.7. The topological polar surface area (TPSA) is 71.1 Å². The van der Waals surface area contributed by atoms with Crippen molar-refractivity contribution >= 4 is 17.2 Å². The van der Waals surface area contributed by atoms with E-state index in [2.05, 4.69) is 5.16 Å². The fourth-order valence-corrected chi connectivity index (χ4v) is 2.02. The predicted octanol–water partition coefficient (Wildman–Crippen LogP) is 2.70. The number of rotatable bonds is 4. The van der Waals surface area contributed by atoms with Gasteiger partial charge in [-0.1, -0.05) is 11.2 Å². The van der Waals surface area contributed by atoms with E-state index in [9.17, 15) is 4.39 Å². The lowest BCUT2D eigenvalue weighted by Gasteiger charge is -2.22. The van der Waals surface area contributed by atoms with E-state index in [0.717, 1.165) is 5.69 Å². The van der Waals surface area contributed by atoms with E-state index < -0.39 is 5.82 Å². The van der Waals surface area contributed by atoms with Crippen molar-refractivity contribution in [3.05, 3.63) is 53.8 Å². The van der Waals surface area contributed by atoms with Crippen molar-refractivity contribution in [2.45, 2.75) is 0 Å². The van der Waals surface area contributed by atoms with Gasteiger partial charge in [-0.15, -0.1) is 0 Å². The number of amidine groups is 1. The molecule has 0 aliphatic carbocycles. The Kier molecular flexibility index (Phi) is 4.27. The molecule has 0 saturated carbocycles. The minimum atomic E-state index is -0.459. The molecule has 6 heteroatoms. The standard InChI is InChI=1S/C15H16FN3O2/c1-19(11-4-3-5-12(9-11)21-2)14-7-6-10(16)8-13(14)15(17)18-20/h3-9,20H,1-2H3,(H2,17,18). The van der Waals surface area contributed by atoms with Crippen LogP contribution in [0.1, 0.15) is 5.56 Å². The van der Waals surface area contributed by atoms with Crippen LogP contribution in [0.2, 0.25) is 0 Å². The van der Waals surface area contributed by atoms with Crippen LogP contribution in [-0.2, 0) is 0 Å². The maximum absolute atomic E-state index is 13.4. The van der Waals surface area contributed by atoms with Gasteiger partial charge in [-0.25, -0.2) is 4.39 Å². The van der Waals surface area contributed by atoms with Crippen molar-refractivity contribution in [3.8, 4) is 5.75 Å². The van der Waals surface area contributed by atoms with Crippen LogP contribution in [0.4, 0.5) is 15.8 Å². The quantitative estimate of drug-likeness (QED) is 0.393. The molecule has 0 heterocycles. The second-order valence-electron chi connectivity index (χ2n) is 4.41. The number of nitrogens with zero attached hydrogens (tertiary/aromatic N) is 2. The third-order valence-electron chi connectivity index (χ3n) is 3.14. The van der Waals surface area contributed by atoms with Gasteiger partial charge >= 0.3 is 0 Å². The summed E-state index contributed by atoms with van der Waals surface area (Å²) in [6.07, 6.45) is 0. The minimum absolute atomic E-state index is 0.153. The molecule has 0 aliphatic rings. The summed E-state index contributed by atoms with van der Waals surface area (Å²) >= 11 is 0. The van der Waals surface area contributed by atoms with Gasteiger partial charge in [-0.2, -0.15) is 0 Å². The van der Waals surface area contributed by atoms with E-state index in [1.165, 1.54) is 12.1 Å². The lowest BCUT2D eigenvalue weighted by molar-refractivity contribution is 0.318. The molecule has 21 heavy (non-hydrogen) atoms. The molecule has 0 saturated heterocycles. The molecule has 0 radical (unpaired) electrons. The van der Waals surface area contributed by atoms with Crippen LogP contribution in [-0.4, -0.2) is 25.2 Å². The fourth-order valence-electron chi connectivity index (χ4n) is 2.02. The van der Waals surface area contributed by atoms with E-state index in [4.69, 9.17) is 15.7 Å². The molecule has 0 unspecified atom stereocenters. The third-order valence-corrected chi connectivity index (χ3v) is 3.14. The summed E-state index contributed by atoms with van der Waals surface area (Å²) in [5.41, 5.74) is 7.36. The lowest BCUT2D eigenvalue weighted by atomic mass is 10.1. The summed E-state index contributed by atoms with van der Waals surface area (Å²) in [6, 6.07) is 11.5. The molecule has 0 aliphatic heterocycles. The molecular weight excluding hydrogens is 273 g/mol. The van der Waals surface area contributed by atoms with E-state index in [1.54, 1.807) is 25.1 Å². The molecule has 0 spiro atoms. The SMILES string of the molecule is COc1cccc(N(C)c2ccc(F)cc2C(N)=NO)c1. The maximum atomic E-state index is 13.4. The molecule has 0 fully saturated rings. The number of ether oxygens (including phenoxy) is 1. The second kappa shape index (κ2) is 6.13. The molecule has 2 aromatic carbocycles. The van der Waals surface area contributed by atoms with Crippen LogP contribution < -0.4 is 15.4 Å².